The largest absolute Gasteiger partial charge is 0.323 e. The Morgan fingerprint density at radius 3 is 1.25 bits per heavy atom. The number of nitrogens with two attached hydrogens (primary N) is 1. The summed E-state index contributed by atoms with van der Waals surface area (Å²) < 4.78 is 0. The Bertz CT molecular complexity index is 54.0. The number of hydrogen-bond donors (Lipinski definition) is 4. The van der Waals surface area contributed by atoms with Gasteiger partial charge in [-0.3, -0.25) is 0 Å². The third-order valence-corrected chi connectivity index (χ3v) is 2.83. The molecule has 0 aliphatic heterocycles. The third-order valence-electron chi connectivity index (χ3n) is 0.945. The molecule has 0 spiro atoms. The van der Waals surface area contributed by atoms with Gasteiger partial charge in [-0.05, 0) is 0 Å². The van der Waals surface area contributed by atoms with Crippen LogP contribution in [0.3, 0.4) is 0 Å². The predicted molar refractivity (Wildman–Crippen MR) is 48.5 cm³/mol. The lowest BCUT2D eigenvalue weighted by molar-refractivity contribution is 0.619. The van der Waals surface area contributed by atoms with E-state index in [1.54, 1.807) is 0 Å². The van der Waals surface area contributed by atoms with Crippen LogP contribution in [-0.2, 0) is 0 Å². The van der Waals surface area contributed by atoms with Gasteiger partial charge >= 0.3 is 0 Å². The Kier molecular flexibility index (Phi) is 4.42. The highest BCUT2D eigenvalue weighted by Gasteiger charge is 2.17. The van der Waals surface area contributed by atoms with Gasteiger partial charge in [0.2, 0.25) is 0 Å². The summed E-state index contributed by atoms with van der Waals surface area (Å²) in [6.07, 6.45) is 0. The van der Waals surface area contributed by atoms with Crippen molar-refractivity contribution in [3.63, 3.8) is 0 Å². The van der Waals surface area contributed by atoms with E-state index in [-0.39, 0.29) is 5.54 Å². The summed E-state index contributed by atoms with van der Waals surface area (Å²) in [4.78, 5) is 0. The van der Waals surface area contributed by atoms with Crippen LogP contribution in [0.25, 0.3) is 0 Å². The maximum atomic E-state index is 5.67. The molecular weight excluding hydrogens is 158 g/mol. The van der Waals surface area contributed by atoms with Crippen LogP contribution in [0.5, 0.6) is 0 Å². The zero-order chi connectivity index (χ0) is 6.62. The predicted octanol–water partition coefficient (Wildman–Crippen LogP) is 0.473. The fraction of sp³-hybridized carbons (Fsp3) is 1.00. The Morgan fingerprint density at radius 1 is 1.00 bits per heavy atom. The van der Waals surface area contributed by atoms with Gasteiger partial charge in [0.15, 0.2) is 0 Å². The van der Waals surface area contributed by atoms with E-state index in [0.29, 0.717) is 17.3 Å². The maximum absolute atomic E-state index is 5.67. The average Bonchev–Trinajstić information content (AvgIpc) is 1.87. The van der Waals surface area contributed by atoms with Crippen molar-refractivity contribution in [2.24, 2.45) is 5.73 Å². The van der Waals surface area contributed by atoms with E-state index in [9.17, 15) is 0 Å². The molecule has 0 amide bonds. The van der Waals surface area contributed by atoms with Gasteiger partial charge in [0.25, 0.3) is 0 Å². The van der Waals surface area contributed by atoms with Crippen LogP contribution in [0.2, 0.25) is 0 Å². The van der Waals surface area contributed by atoms with Crippen LogP contribution in [-0.4, -0.2) is 22.8 Å². The first-order valence-corrected chi connectivity index (χ1v) is 4.20. The molecule has 0 bridgehead atoms. The van der Waals surface area contributed by atoms with Crippen molar-refractivity contribution in [3.05, 3.63) is 0 Å². The molecule has 0 radical (unpaired) electrons. The zero-order valence-electron chi connectivity index (χ0n) is 4.54. The molecule has 0 atom stereocenters. The molecule has 0 aliphatic carbocycles. The van der Waals surface area contributed by atoms with E-state index in [1.807, 2.05) is 0 Å². The number of rotatable bonds is 3. The summed E-state index contributed by atoms with van der Waals surface area (Å²) in [6.45, 7) is 0. The standard InChI is InChI=1S/C4H11NS3/c5-4(1-6,2-7)3-8/h6-8H,1-3,5H2. The van der Waals surface area contributed by atoms with Gasteiger partial charge in [-0.15, -0.1) is 0 Å². The second-order valence-electron chi connectivity index (χ2n) is 1.84. The smallest absolute Gasteiger partial charge is 0.0421 e. The van der Waals surface area contributed by atoms with Gasteiger partial charge in [0.1, 0.15) is 0 Å². The van der Waals surface area contributed by atoms with Crippen molar-refractivity contribution >= 4 is 37.9 Å². The van der Waals surface area contributed by atoms with Crippen molar-refractivity contribution < 1.29 is 0 Å². The van der Waals surface area contributed by atoms with Crippen LogP contribution in [0, 0.1) is 0 Å². The minimum Gasteiger partial charge on any atom is -0.323 e. The van der Waals surface area contributed by atoms with Crippen molar-refractivity contribution in [1.82, 2.24) is 0 Å². The molecule has 0 aliphatic rings. The zero-order valence-corrected chi connectivity index (χ0v) is 7.22. The van der Waals surface area contributed by atoms with Crippen LogP contribution in [0.4, 0.5) is 0 Å². The molecule has 2 N–H and O–H groups in total. The number of hydrogen-bond acceptors (Lipinski definition) is 4. The summed E-state index contributed by atoms with van der Waals surface area (Å²) in [6, 6.07) is 0. The van der Waals surface area contributed by atoms with Gasteiger partial charge in [-0.2, -0.15) is 37.9 Å². The van der Waals surface area contributed by atoms with Crippen LogP contribution in [0.15, 0.2) is 0 Å². The second-order valence-corrected chi connectivity index (χ2v) is 2.79. The lowest BCUT2D eigenvalue weighted by Crippen LogP contribution is -2.45. The highest BCUT2D eigenvalue weighted by Crippen LogP contribution is 2.06. The Morgan fingerprint density at radius 2 is 1.25 bits per heavy atom. The molecule has 50 valence electrons. The third kappa shape index (κ3) is 2.53. The molecule has 0 heterocycles. The van der Waals surface area contributed by atoms with E-state index < -0.39 is 0 Å². The summed E-state index contributed by atoms with van der Waals surface area (Å²) in [5.41, 5.74) is 5.38. The minimum absolute atomic E-state index is 0.282. The van der Waals surface area contributed by atoms with Gasteiger partial charge in [0.05, 0.1) is 0 Å². The fourth-order valence-electron chi connectivity index (χ4n) is 0.150. The van der Waals surface area contributed by atoms with E-state index in [1.165, 1.54) is 0 Å². The van der Waals surface area contributed by atoms with Crippen molar-refractivity contribution in [2.45, 2.75) is 5.54 Å². The molecule has 4 heteroatoms. The molecule has 0 aromatic carbocycles. The molecule has 0 aromatic rings. The molecule has 0 rings (SSSR count). The Labute approximate surface area is 66.6 Å². The SMILES string of the molecule is NC(CS)(CS)CS. The second kappa shape index (κ2) is 3.93. The summed E-state index contributed by atoms with van der Waals surface area (Å²) in [7, 11) is 0. The van der Waals surface area contributed by atoms with E-state index in [2.05, 4.69) is 37.9 Å². The first kappa shape index (κ1) is 9.01. The topological polar surface area (TPSA) is 26.0 Å². The lowest BCUT2D eigenvalue weighted by Gasteiger charge is -2.21. The maximum Gasteiger partial charge on any atom is 0.0421 e. The molecule has 1 nitrogen and oxygen atoms in total. The van der Waals surface area contributed by atoms with E-state index in [0.717, 1.165) is 0 Å². The van der Waals surface area contributed by atoms with Crippen molar-refractivity contribution in [3.8, 4) is 0 Å². The van der Waals surface area contributed by atoms with E-state index in [4.69, 9.17) is 5.73 Å². The first-order chi connectivity index (χ1) is 3.68. The summed E-state index contributed by atoms with van der Waals surface area (Å²) in [5.74, 6) is 1.92. The average molecular weight is 169 g/mol. The van der Waals surface area contributed by atoms with E-state index >= 15 is 0 Å². The van der Waals surface area contributed by atoms with Crippen LogP contribution >= 0.6 is 37.9 Å². The van der Waals surface area contributed by atoms with Crippen molar-refractivity contribution in [1.29, 1.82) is 0 Å². The van der Waals surface area contributed by atoms with Crippen LogP contribution < -0.4 is 5.73 Å². The first-order valence-electron chi connectivity index (χ1n) is 2.30. The van der Waals surface area contributed by atoms with Crippen LogP contribution in [0.1, 0.15) is 0 Å². The molecule has 0 saturated heterocycles. The monoisotopic (exact) mass is 169 g/mol. The lowest BCUT2D eigenvalue weighted by atomic mass is 10.1. The number of thiol groups is 3. The highest BCUT2D eigenvalue weighted by molar-refractivity contribution is 7.82. The fourth-order valence-corrected chi connectivity index (χ4v) is 1.35. The normalized spacial score (nSPS) is 12.0. The van der Waals surface area contributed by atoms with Gasteiger partial charge in [-0.1, -0.05) is 0 Å². The molecular formula is C4H11NS3. The van der Waals surface area contributed by atoms with Gasteiger partial charge < -0.3 is 5.73 Å². The Hall–Kier alpha value is 1.01. The van der Waals surface area contributed by atoms with Gasteiger partial charge in [0, 0.05) is 22.8 Å². The molecule has 8 heavy (non-hydrogen) atoms. The Balaban J connectivity index is 3.58. The highest BCUT2D eigenvalue weighted by atomic mass is 32.1. The quantitative estimate of drug-likeness (QED) is 0.454. The summed E-state index contributed by atoms with van der Waals surface area (Å²) in [5, 5.41) is 0. The molecule has 0 aromatic heterocycles. The van der Waals surface area contributed by atoms with Crippen molar-refractivity contribution in [2.75, 3.05) is 17.3 Å². The molecule has 0 fully saturated rings. The molecule has 0 unspecified atom stereocenters. The minimum atomic E-state index is -0.282. The summed E-state index contributed by atoms with van der Waals surface area (Å²) >= 11 is 12.1. The molecule has 0 saturated carbocycles. The van der Waals surface area contributed by atoms with Gasteiger partial charge in [-0.25, -0.2) is 0 Å².